The molecular weight excluding hydrogens is 186 g/mol. The van der Waals surface area contributed by atoms with Gasteiger partial charge >= 0.3 is 0 Å². The summed E-state index contributed by atoms with van der Waals surface area (Å²) in [5, 5.41) is 9.03. The maximum absolute atomic E-state index is 9.03. The summed E-state index contributed by atoms with van der Waals surface area (Å²) >= 11 is 0. The van der Waals surface area contributed by atoms with E-state index in [9.17, 15) is 0 Å². The molecule has 2 aromatic rings. The zero-order valence-electron chi connectivity index (χ0n) is 8.57. The fourth-order valence-electron chi connectivity index (χ4n) is 1.54. The summed E-state index contributed by atoms with van der Waals surface area (Å²) in [6.07, 6.45) is 3.62. The Morgan fingerprint density at radius 2 is 2.27 bits per heavy atom. The fourth-order valence-corrected chi connectivity index (χ4v) is 1.54. The Morgan fingerprint density at radius 3 is 3.00 bits per heavy atom. The highest BCUT2D eigenvalue weighted by Crippen LogP contribution is 2.22. The first-order valence-corrected chi connectivity index (χ1v) is 4.83. The monoisotopic (exact) mass is 198 g/mol. The van der Waals surface area contributed by atoms with Crippen LogP contribution in [0.4, 0.5) is 0 Å². The molecule has 0 aliphatic carbocycles. The van der Waals surface area contributed by atoms with Gasteiger partial charge in [0.05, 0.1) is 6.61 Å². The predicted molar refractivity (Wildman–Crippen MR) is 59.2 cm³/mol. The van der Waals surface area contributed by atoms with E-state index < -0.39 is 0 Å². The average Bonchev–Trinajstić information content (AvgIpc) is 2.30. The van der Waals surface area contributed by atoms with Crippen LogP contribution in [0.5, 0.6) is 0 Å². The highest BCUT2D eigenvalue weighted by molar-refractivity contribution is 5.66. The van der Waals surface area contributed by atoms with Crippen molar-refractivity contribution in [2.45, 2.75) is 13.5 Å². The van der Waals surface area contributed by atoms with Crippen LogP contribution in [-0.4, -0.2) is 10.1 Å². The first kappa shape index (κ1) is 9.87. The van der Waals surface area contributed by atoms with Gasteiger partial charge in [0.1, 0.15) is 0 Å². The van der Waals surface area contributed by atoms with Gasteiger partial charge in [0.2, 0.25) is 0 Å². The lowest BCUT2D eigenvalue weighted by molar-refractivity contribution is 0.281. The van der Waals surface area contributed by atoms with Gasteiger partial charge in [0.25, 0.3) is 0 Å². The normalized spacial score (nSPS) is 10.3. The first-order chi connectivity index (χ1) is 7.31. The topological polar surface area (TPSA) is 33.1 Å². The van der Waals surface area contributed by atoms with Gasteiger partial charge in [-0.25, -0.2) is 0 Å². The minimum absolute atomic E-state index is 0.0210. The third-order valence-corrected chi connectivity index (χ3v) is 2.38. The van der Waals surface area contributed by atoms with E-state index in [1.54, 1.807) is 6.20 Å². The van der Waals surface area contributed by atoms with Crippen molar-refractivity contribution in [2.24, 2.45) is 0 Å². The van der Waals surface area contributed by atoms with Crippen molar-refractivity contribution in [1.29, 1.82) is 0 Å². The van der Waals surface area contributed by atoms with Gasteiger partial charge in [-0.15, -0.1) is 0 Å². The van der Waals surface area contributed by atoms with E-state index in [0.29, 0.717) is 0 Å². The number of hydrogen-bond acceptors (Lipinski definition) is 2. The lowest BCUT2D eigenvalue weighted by Gasteiger charge is -2.05. The molecule has 0 unspecified atom stereocenters. The number of nitrogens with zero attached hydrogens (tertiary/aromatic N) is 1. The molecule has 2 nitrogen and oxygen atoms in total. The number of aliphatic hydroxyl groups is 1. The SMILES string of the molecule is Cc1ccncc1-c1cc[c]c(CO)c1. The van der Waals surface area contributed by atoms with Gasteiger partial charge in [0.15, 0.2) is 0 Å². The Balaban J connectivity index is 2.49. The van der Waals surface area contributed by atoms with Crippen LogP contribution in [0, 0.1) is 13.0 Å². The van der Waals surface area contributed by atoms with Gasteiger partial charge < -0.3 is 5.11 Å². The zero-order valence-corrected chi connectivity index (χ0v) is 8.57. The van der Waals surface area contributed by atoms with Gasteiger partial charge in [-0.2, -0.15) is 0 Å². The largest absolute Gasteiger partial charge is 0.392 e. The van der Waals surface area contributed by atoms with Crippen molar-refractivity contribution in [3.05, 3.63) is 53.9 Å². The van der Waals surface area contributed by atoms with Crippen molar-refractivity contribution in [3.8, 4) is 11.1 Å². The molecule has 0 aliphatic rings. The van der Waals surface area contributed by atoms with Crippen molar-refractivity contribution >= 4 is 0 Å². The van der Waals surface area contributed by atoms with Crippen LogP contribution in [0.25, 0.3) is 11.1 Å². The van der Waals surface area contributed by atoms with Crippen molar-refractivity contribution < 1.29 is 5.11 Å². The molecule has 0 amide bonds. The van der Waals surface area contributed by atoms with E-state index in [1.165, 1.54) is 5.56 Å². The number of aliphatic hydroxyl groups excluding tert-OH is 1. The Hall–Kier alpha value is -1.67. The second-order valence-electron chi connectivity index (χ2n) is 3.45. The maximum atomic E-state index is 9.03. The quantitative estimate of drug-likeness (QED) is 0.803. The summed E-state index contributed by atoms with van der Waals surface area (Å²) in [5.41, 5.74) is 4.15. The molecular formula is C13H12NO. The van der Waals surface area contributed by atoms with Crippen LogP contribution in [0.2, 0.25) is 0 Å². The number of hydrogen-bond donors (Lipinski definition) is 1. The van der Waals surface area contributed by atoms with Crippen molar-refractivity contribution in [3.63, 3.8) is 0 Å². The summed E-state index contributed by atoms with van der Waals surface area (Å²) in [4.78, 5) is 4.10. The van der Waals surface area contributed by atoms with Gasteiger partial charge in [-0.3, -0.25) is 4.98 Å². The molecule has 0 atom stereocenters. The van der Waals surface area contributed by atoms with Crippen LogP contribution in [0.15, 0.2) is 36.7 Å². The second kappa shape index (κ2) is 4.24. The molecule has 0 spiro atoms. The Morgan fingerprint density at radius 1 is 1.40 bits per heavy atom. The Labute approximate surface area is 89.2 Å². The van der Waals surface area contributed by atoms with Gasteiger partial charge in [0, 0.05) is 18.0 Å². The van der Waals surface area contributed by atoms with Crippen LogP contribution in [0.1, 0.15) is 11.1 Å². The Bertz CT molecular complexity index is 466. The molecule has 75 valence electrons. The lowest BCUT2D eigenvalue weighted by atomic mass is 10.0. The minimum Gasteiger partial charge on any atom is -0.392 e. The second-order valence-corrected chi connectivity index (χ2v) is 3.45. The zero-order chi connectivity index (χ0) is 10.7. The molecule has 1 aromatic heterocycles. The number of benzene rings is 1. The summed E-state index contributed by atoms with van der Waals surface area (Å²) in [7, 11) is 0. The number of rotatable bonds is 2. The standard InChI is InChI=1S/C13H12NO/c1-10-5-6-14-8-13(10)12-4-2-3-11(7-12)9-15/h2,4-8,15H,9H2,1H3. The molecule has 1 radical (unpaired) electrons. The minimum atomic E-state index is 0.0210. The molecule has 2 rings (SSSR count). The van der Waals surface area contributed by atoms with Crippen LogP contribution >= 0.6 is 0 Å². The van der Waals surface area contributed by atoms with Crippen molar-refractivity contribution in [2.75, 3.05) is 0 Å². The molecule has 1 N–H and O–H groups in total. The van der Waals surface area contributed by atoms with Crippen molar-refractivity contribution in [1.82, 2.24) is 4.98 Å². The van der Waals surface area contributed by atoms with Gasteiger partial charge in [-0.1, -0.05) is 12.1 Å². The molecule has 1 heterocycles. The first-order valence-electron chi connectivity index (χ1n) is 4.83. The third kappa shape index (κ3) is 2.05. The maximum Gasteiger partial charge on any atom is 0.0688 e. The molecule has 0 saturated carbocycles. The summed E-state index contributed by atoms with van der Waals surface area (Å²) < 4.78 is 0. The highest BCUT2D eigenvalue weighted by atomic mass is 16.3. The van der Waals surface area contributed by atoms with Crippen LogP contribution < -0.4 is 0 Å². The molecule has 2 heteroatoms. The van der Waals surface area contributed by atoms with E-state index in [-0.39, 0.29) is 6.61 Å². The highest BCUT2D eigenvalue weighted by Gasteiger charge is 2.01. The van der Waals surface area contributed by atoms with Gasteiger partial charge in [-0.05, 0) is 41.8 Å². The molecule has 1 aromatic carbocycles. The smallest absolute Gasteiger partial charge is 0.0688 e. The van der Waals surface area contributed by atoms with E-state index in [2.05, 4.69) is 11.1 Å². The molecule has 0 fully saturated rings. The summed E-state index contributed by atoms with van der Waals surface area (Å²) in [6, 6.07) is 10.7. The molecule has 15 heavy (non-hydrogen) atoms. The number of pyridine rings is 1. The average molecular weight is 198 g/mol. The van der Waals surface area contributed by atoms with Crippen LogP contribution in [0.3, 0.4) is 0 Å². The molecule has 0 saturated heterocycles. The van der Waals surface area contributed by atoms with E-state index in [0.717, 1.165) is 16.7 Å². The molecule has 0 bridgehead atoms. The summed E-state index contributed by atoms with van der Waals surface area (Å²) in [6.45, 7) is 2.07. The fraction of sp³-hybridized carbons (Fsp3) is 0.154. The Kier molecular flexibility index (Phi) is 2.79. The molecule has 0 aliphatic heterocycles. The number of aromatic nitrogens is 1. The van der Waals surface area contributed by atoms with E-state index >= 15 is 0 Å². The van der Waals surface area contributed by atoms with E-state index in [4.69, 9.17) is 5.11 Å². The third-order valence-electron chi connectivity index (χ3n) is 2.38. The predicted octanol–water partition coefficient (Wildman–Crippen LogP) is 2.35. The van der Waals surface area contributed by atoms with E-state index in [1.807, 2.05) is 37.4 Å². The summed E-state index contributed by atoms with van der Waals surface area (Å²) in [5.74, 6) is 0. The van der Waals surface area contributed by atoms with Crippen LogP contribution in [-0.2, 0) is 6.61 Å². The number of aryl methyl sites for hydroxylation is 1. The lowest BCUT2D eigenvalue weighted by Crippen LogP contribution is -1.88.